The van der Waals surface area contributed by atoms with Crippen molar-refractivity contribution < 1.29 is 0 Å². The smallest absolute Gasteiger partial charge is 0.0159 e. The van der Waals surface area contributed by atoms with E-state index >= 15 is 0 Å². The van der Waals surface area contributed by atoms with Gasteiger partial charge in [0.15, 0.2) is 0 Å². The molecule has 10 aromatic rings. The second-order valence-corrected chi connectivity index (χ2v) is 22.8. The van der Waals surface area contributed by atoms with Gasteiger partial charge in [0.25, 0.3) is 0 Å². The Morgan fingerprint density at radius 1 is 0.429 bits per heavy atom. The van der Waals surface area contributed by atoms with E-state index in [2.05, 4.69) is 204 Å². The minimum atomic E-state index is -0.180. The molecule has 0 bridgehead atoms. The summed E-state index contributed by atoms with van der Waals surface area (Å²) in [5.41, 5.74) is 16.5. The summed E-state index contributed by atoms with van der Waals surface area (Å²) in [5.74, 6) is 1.17. The Morgan fingerprint density at radius 3 is 1.37 bits per heavy atom. The van der Waals surface area contributed by atoms with Crippen molar-refractivity contribution in [1.82, 2.24) is 0 Å². The molecule has 0 saturated heterocycles. The quantitative estimate of drug-likeness (QED) is 0.147. The Morgan fingerprint density at radius 2 is 0.873 bits per heavy atom. The number of hydrogen-bond donors (Lipinski definition) is 0. The Kier molecular flexibility index (Phi) is 8.68. The fourth-order valence-corrected chi connectivity index (χ4v) is 11.8. The van der Waals surface area contributed by atoms with Crippen LogP contribution in [0.5, 0.6) is 0 Å². The van der Waals surface area contributed by atoms with Crippen LogP contribution >= 0.6 is 0 Å². The zero-order valence-corrected chi connectivity index (χ0v) is 39.6. The summed E-state index contributed by atoms with van der Waals surface area (Å²) in [6, 6.07) is 48.8. The average molecular weight is 819 g/mol. The van der Waals surface area contributed by atoms with Crippen LogP contribution in [-0.2, 0) is 29.1 Å². The zero-order chi connectivity index (χ0) is 44.1. The van der Waals surface area contributed by atoms with E-state index in [1.807, 2.05) is 0 Å². The highest BCUT2D eigenvalue weighted by molar-refractivity contribution is 6.27. The van der Waals surface area contributed by atoms with Gasteiger partial charge in [-0.15, -0.1) is 0 Å². The van der Waals surface area contributed by atoms with Gasteiger partial charge < -0.3 is 0 Å². The molecule has 0 spiro atoms. The molecule has 0 unspecified atom stereocenters. The van der Waals surface area contributed by atoms with Crippen LogP contribution in [0.25, 0.3) is 98.0 Å². The Bertz CT molecular complexity index is 3440. The van der Waals surface area contributed by atoms with Crippen LogP contribution in [0.3, 0.4) is 0 Å². The lowest BCUT2D eigenvalue weighted by molar-refractivity contribution is 0.591. The summed E-state index contributed by atoms with van der Waals surface area (Å²) in [5, 5.41) is 16.4. The SMILES string of the molecule is CC(C)Cc1cc2ccc3cc(CC(C)C)c(-c4ccc5c(c4)C(C)(C)c4cc(-c6c(C(C)(C)C)cc7ccc8cc(C(C)(C)C)cc9ccc6c7c89)ccc4-5)c4ccc(c1)c2c34. The van der Waals surface area contributed by atoms with Gasteiger partial charge in [-0.05, 0) is 185 Å². The van der Waals surface area contributed by atoms with Crippen molar-refractivity contribution in [2.45, 2.75) is 112 Å². The largest absolute Gasteiger partial charge is 0.0625 e. The van der Waals surface area contributed by atoms with Crippen LogP contribution < -0.4 is 0 Å². The van der Waals surface area contributed by atoms with Gasteiger partial charge >= 0.3 is 0 Å². The molecule has 0 saturated carbocycles. The van der Waals surface area contributed by atoms with Crippen molar-refractivity contribution in [2.24, 2.45) is 11.8 Å². The van der Waals surface area contributed by atoms with Crippen LogP contribution in [0.1, 0.15) is 116 Å². The highest BCUT2D eigenvalue weighted by Crippen LogP contribution is 2.53. The van der Waals surface area contributed by atoms with Gasteiger partial charge in [-0.2, -0.15) is 0 Å². The van der Waals surface area contributed by atoms with E-state index in [4.69, 9.17) is 0 Å². The lowest BCUT2D eigenvalue weighted by Crippen LogP contribution is -2.16. The fourth-order valence-electron chi connectivity index (χ4n) is 11.8. The van der Waals surface area contributed by atoms with Gasteiger partial charge in [0.1, 0.15) is 0 Å². The van der Waals surface area contributed by atoms with E-state index in [0.29, 0.717) is 11.8 Å². The highest BCUT2D eigenvalue weighted by atomic mass is 14.4. The van der Waals surface area contributed by atoms with Crippen molar-refractivity contribution in [2.75, 3.05) is 0 Å². The third-order valence-electron chi connectivity index (χ3n) is 14.8. The van der Waals surface area contributed by atoms with Gasteiger partial charge in [-0.25, -0.2) is 0 Å². The molecule has 0 aliphatic heterocycles. The van der Waals surface area contributed by atoms with Gasteiger partial charge in [0.2, 0.25) is 0 Å². The topological polar surface area (TPSA) is 0 Å². The molecular weight excluding hydrogens is 757 g/mol. The van der Waals surface area contributed by atoms with Crippen molar-refractivity contribution in [3.05, 3.63) is 155 Å². The van der Waals surface area contributed by atoms with Crippen LogP contribution in [0.4, 0.5) is 0 Å². The van der Waals surface area contributed by atoms with Crippen molar-refractivity contribution in [1.29, 1.82) is 0 Å². The molecule has 10 aromatic carbocycles. The summed E-state index contributed by atoms with van der Waals surface area (Å²) in [7, 11) is 0. The lowest BCUT2D eigenvalue weighted by atomic mass is 9.76. The molecule has 63 heavy (non-hydrogen) atoms. The van der Waals surface area contributed by atoms with E-state index in [1.165, 1.54) is 131 Å². The third-order valence-corrected chi connectivity index (χ3v) is 14.8. The predicted octanol–water partition coefficient (Wildman–Crippen LogP) is 18.1. The van der Waals surface area contributed by atoms with Crippen LogP contribution in [0, 0.1) is 11.8 Å². The summed E-state index contributed by atoms with van der Waals surface area (Å²) >= 11 is 0. The molecule has 0 N–H and O–H groups in total. The Labute approximate surface area is 375 Å². The van der Waals surface area contributed by atoms with Gasteiger partial charge in [-0.3, -0.25) is 0 Å². The normalized spacial score (nSPS) is 14.3. The first-order valence-corrected chi connectivity index (χ1v) is 23.7. The zero-order valence-electron chi connectivity index (χ0n) is 39.6. The minimum Gasteiger partial charge on any atom is -0.0625 e. The second-order valence-electron chi connectivity index (χ2n) is 22.8. The molecule has 0 amide bonds. The van der Waals surface area contributed by atoms with Crippen molar-refractivity contribution in [3.63, 3.8) is 0 Å². The molecule has 11 rings (SSSR count). The number of fused-ring (bicyclic) bond motifs is 3. The maximum absolute atomic E-state index is 2.56. The average Bonchev–Trinajstić information content (AvgIpc) is 3.44. The Hall–Kier alpha value is -5.72. The molecule has 0 heteroatoms. The van der Waals surface area contributed by atoms with Gasteiger partial charge in [0.05, 0.1) is 0 Å². The standard InChI is InChI=1S/C63H62/c1-35(2)25-37-27-38-13-14-40-29-46(26-36(3)4)55(50-23-19-39(28-37)56(38)59(40)50)43-17-21-48-49-22-18-44(33-53(49)63(11,12)52(48)32-43)58-51-24-20-42-31-47(61(5,6)7)30-41-15-16-45(60(51)57(41)42)34-54(58)62(8,9)10/h13-24,27-36H,25-26H2,1-12H3. The van der Waals surface area contributed by atoms with Crippen molar-refractivity contribution in [3.8, 4) is 33.4 Å². The number of hydrogen-bond acceptors (Lipinski definition) is 0. The molecule has 1 aliphatic carbocycles. The first kappa shape index (κ1) is 40.1. The fraction of sp³-hybridized carbons (Fsp3) is 0.302. The first-order valence-electron chi connectivity index (χ1n) is 23.7. The monoisotopic (exact) mass is 818 g/mol. The molecule has 314 valence electrons. The minimum absolute atomic E-state index is 0.0453. The maximum Gasteiger partial charge on any atom is 0.0159 e. The van der Waals surface area contributed by atoms with E-state index < -0.39 is 0 Å². The van der Waals surface area contributed by atoms with E-state index in [1.54, 1.807) is 0 Å². The summed E-state index contributed by atoms with van der Waals surface area (Å²) in [4.78, 5) is 0. The van der Waals surface area contributed by atoms with Crippen LogP contribution in [0.15, 0.2) is 121 Å². The molecule has 0 heterocycles. The second kappa shape index (κ2) is 13.6. The molecule has 1 aliphatic rings. The first-order chi connectivity index (χ1) is 29.9. The molecule has 0 fully saturated rings. The molecule has 0 aromatic heterocycles. The van der Waals surface area contributed by atoms with Crippen LogP contribution in [-0.4, -0.2) is 0 Å². The summed E-state index contributed by atoms with van der Waals surface area (Å²) in [6.07, 6.45) is 2.14. The van der Waals surface area contributed by atoms with Crippen molar-refractivity contribution >= 4 is 64.6 Å². The summed E-state index contributed by atoms with van der Waals surface area (Å²) < 4.78 is 0. The lowest BCUT2D eigenvalue weighted by Gasteiger charge is -2.28. The molecular formula is C63H62. The highest BCUT2D eigenvalue weighted by Gasteiger charge is 2.37. The van der Waals surface area contributed by atoms with Gasteiger partial charge in [0, 0.05) is 5.41 Å². The van der Waals surface area contributed by atoms with Gasteiger partial charge in [-0.1, -0.05) is 186 Å². The van der Waals surface area contributed by atoms with E-state index in [-0.39, 0.29) is 16.2 Å². The number of rotatable bonds is 6. The Balaban J connectivity index is 1.08. The predicted molar refractivity (Wildman–Crippen MR) is 277 cm³/mol. The van der Waals surface area contributed by atoms with E-state index in [0.717, 1.165) is 12.8 Å². The third kappa shape index (κ3) is 6.14. The molecule has 0 nitrogen and oxygen atoms in total. The molecule has 0 atom stereocenters. The van der Waals surface area contributed by atoms with Crippen LogP contribution in [0.2, 0.25) is 0 Å². The summed E-state index contributed by atoms with van der Waals surface area (Å²) in [6.45, 7) is 28.4. The molecule has 0 radical (unpaired) electrons. The number of benzene rings is 10. The van der Waals surface area contributed by atoms with E-state index in [9.17, 15) is 0 Å². The maximum atomic E-state index is 2.56.